The Hall–Kier alpha value is -5.32. The maximum absolute atomic E-state index is 9.61. The highest BCUT2D eigenvalue weighted by atomic mass is 15.0. The zero-order valence-electron chi connectivity index (χ0n) is 19.2. The van der Waals surface area contributed by atoms with Crippen molar-refractivity contribution in [3.8, 4) is 17.4 Å². The van der Waals surface area contributed by atoms with E-state index in [1.165, 1.54) is 5.39 Å². The number of hydrogen-bond acceptors (Lipinski definition) is 1. The van der Waals surface area contributed by atoms with Crippen LogP contribution < -0.4 is 0 Å². The minimum absolute atomic E-state index is 0.455. The molecular weight excluding hydrogens is 440 g/mol. The van der Waals surface area contributed by atoms with Crippen LogP contribution in [0, 0.1) is 17.9 Å². The Morgan fingerprint density at radius 1 is 0.556 bits per heavy atom. The Bertz CT molecular complexity index is 2030. The molecule has 0 bridgehead atoms. The van der Waals surface area contributed by atoms with Crippen LogP contribution >= 0.6 is 0 Å². The lowest BCUT2D eigenvalue weighted by atomic mass is 10.1. The Labute approximate surface area is 207 Å². The van der Waals surface area contributed by atoms with Gasteiger partial charge in [-0.05, 0) is 54.6 Å². The van der Waals surface area contributed by atoms with E-state index in [0.717, 1.165) is 49.6 Å². The van der Waals surface area contributed by atoms with Crippen LogP contribution in [0.25, 0.3) is 59.8 Å². The average Bonchev–Trinajstić information content (AvgIpc) is 3.44. The Kier molecular flexibility index (Phi) is 4.24. The van der Waals surface area contributed by atoms with Gasteiger partial charge in [-0.25, -0.2) is 4.85 Å². The highest BCUT2D eigenvalue weighted by Gasteiger charge is 2.18. The standard InChI is InChI=1S/C32H18N4/c1-34-22-15-21(20-33)16-24(17-22)36-30-14-8-6-12-26(30)28-18-31-27(19-32(28)36)25-11-5-7-13-29(25)35(31)23-9-3-2-4-10-23/h2-19H. The molecule has 0 aliphatic rings. The first-order chi connectivity index (χ1) is 17.8. The van der Waals surface area contributed by atoms with E-state index in [1.54, 1.807) is 6.07 Å². The zero-order valence-corrected chi connectivity index (χ0v) is 19.2. The highest BCUT2D eigenvalue weighted by molar-refractivity contribution is 6.19. The normalized spacial score (nSPS) is 11.3. The second-order valence-electron chi connectivity index (χ2n) is 8.89. The van der Waals surface area contributed by atoms with Gasteiger partial charge >= 0.3 is 0 Å². The summed E-state index contributed by atoms with van der Waals surface area (Å²) in [6, 6.07) is 39.4. The predicted octanol–water partition coefficient (Wildman–Crippen LogP) is 8.30. The minimum atomic E-state index is 0.455. The molecule has 7 aromatic rings. The lowest BCUT2D eigenvalue weighted by molar-refractivity contribution is 1.17. The summed E-state index contributed by atoms with van der Waals surface area (Å²) in [5.74, 6) is 0. The van der Waals surface area contributed by atoms with Crippen molar-refractivity contribution in [2.45, 2.75) is 0 Å². The fraction of sp³-hybridized carbons (Fsp3) is 0. The van der Waals surface area contributed by atoms with Gasteiger partial charge in [-0.1, -0.05) is 54.6 Å². The van der Waals surface area contributed by atoms with Gasteiger partial charge < -0.3 is 9.13 Å². The van der Waals surface area contributed by atoms with Crippen LogP contribution in [-0.2, 0) is 0 Å². The number of aromatic nitrogens is 2. The second kappa shape index (κ2) is 7.60. The second-order valence-corrected chi connectivity index (χ2v) is 8.89. The lowest BCUT2D eigenvalue weighted by Crippen LogP contribution is -1.95. The molecule has 166 valence electrons. The van der Waals surface area contributed by atoms with Gasteiger partial charge in [0.05, 0.1) is 34.7 Å². The van der Waals surface area contributed by atoms with Crippen molar-refractivity contribution in [2.24, 2.45) is 0 Å². The summed E-state index contributed by atoms with van der Waals surface area (Å²) in [7, 11) is 0. The Morgan fingerprint density at radius 2 is 1.11 bits per heavy atom. The smallest absolute Gasteiger partial charge is 0.190 e. The van der Waals surface area contributed by atoms with Gasteiger partial charge in [-0.15, -0.1) is 0 Å². The third-order valence-corrected chi connectivity index (χ3v) is 6.90. The number of benzene rings is 5. The molecule has 0 fully saturated rings. The van der Waals surface area contributed by atoms with Crippen molar-refractivity contribution in [1.29, 1.82) is 5.26 Å². The molecule has 0 unspecified atom stereocenters. The van der Waals surface area contributed by atoms with Gasteiger partial charge in [0.15, 0.2) is 5.69 Å². The van der Waals surface area contributed by atoms with Crippen LogP contribution in [0.1, 0.15) is 5.56 Å². The monoisotopic (exact) mass is 458 g/mol. The Balaban J connectivity index is 1.67. The highest BCUT2D eigenvalue weighted by Crippen LogP contribution is 2.39. The molecule has 5 aromatic carbocycles. The lowest BCUT2D eigenvalue weighted by Gasteiger charge is -2.10. The fourth-order valence-electron chi connectivity index (χ4n) is 5.42. The molecule has 4 nitrogen and oxygen atoms in total. The molecule has 0 aliphatic carbocycles. The molecule has 4 heteroatoms. The molecular formula is C32H18N4. The molecule has 2 aromatic heterocycles. The van der Waals surface area contributed by atoms with Crippen molar-refractivity contribution >= 4 is 49.3 Å². The van der Waals surface area contributed by atoms with Crippen molar-refractivity contribution in [2.75, 3.05) is 0 Å². The van der Waals surface area contributed by atoms with Crippen LogP contribution in [0.3, 0.4) is 0 Å². The van der Waals surface area contributed by atoms with Crippen molar-refractivity contribution in [3.05, 3.63) is 126 Å². The van der Waals surface area contributed by atoms with E-state index < -0.39 is 0 Å². The van der Waals surface area contributed by atoms with E-state index in [4.69, 9.17) is 6.57 Å². The number of nitriles is 1. The van der Waals surface area contributed by atoms with Crippen LogP contribution in [0.5, 0.6) is 0 Å². The molecule has 36 heavy (non-hydrogen) atoms. The van der Waals surface area contributed by atoms with E-state index >= 15 is 0 Å². The van der Waals surface area contributed by atoms with Crippen LogP contribution in [0.15, 0.2) is 109 Å². The summed E-state index contributed by atoms with van der Waals surface area (Å²) in [6.07, 6.45) is 0. The van der Waals surface area contributed by atoms with Gasteiger partial charge in [-0.3, -0.25) is 0 Å². The summed E-state index contributed by atoms with van der Waals surface area (Å²) < 4.78 is 4.50. The average molecular weight is 459 g/mol. The predicted molar refractivity (Wildman–Crippen MR) is 146 cm³/mol. The quantitative estimate of drug-likeness (QED) is 0.240. The number of fused-ring (bicyclic) bond motifs is 6. The summed E-state index contributed by atoms with van der Waals surface area (Å²) >= 11 is 0. The summed E-state index contributed by atoms with van der Waals surface area (Å²) in [5.41, 5.74) is 7.26. The first-order valence-corrected chi connectivity index (χ1v) is 11.7. The first kappa shape index (κ1) is 20.1. The maximum Gasteiger partial charge on any atom is 0.190 e. The number of rotatable bonds is 2. The number of hydrogen-bond donors (Lipinski definition) is 0. The molecule has 2 heterocycles. The molecule has 0 saturated carbocycles. The zero-order chi connectivity index (χ0) is 24.2. The molecule has 7 rings (SSSR count). The van der Waals surface area contributed by atoms with Gasteiger partial charge in [0, 0.05) is 38.5 Å². The van der Waals surface area contributed by atoms with Crippen molar-refractivity contribution < 1.29 is 0 Å². The van der Waals surface area contributed by atoms with Gasteiger partial charge in [0.2, 0.25) is 0 Å². The summed E-state index contributed by atoms with van der Waals surface area (Å²) in [4.78, 5) is 3.62. The third-order valence-electron chi connectivity index (χ3n) is 6.90. The largest absolute Gasteiger partial charge is 0.310 e. The van der Waals surface area contributed by atoms with Crippen LogP contribution in [0.4, 0.5) is 5.69 Å². The number of nitrogens with zero attached hydrogens (tertiary/aromatic N) is 4. The summed E-state index contributed by atoms with van der Waals surface area (Å²) in [5, 5.41) is 14.2. The van der Waals surface area contributed by atoms with Crippen molar-refractivity contribution in [3.63, 3.8) is 0 Å². The van der Waals surface area contributed by atoms with Gasteiger partial charge in [0.1, 0.15) is 0 Å². The van der Waals surface area contributed by atoms with Gasteiger partial charge in [-0.2, -0.15) is 5.26 Å². The fourth-order valence-corrected chi connectivity index (χ4v) is 5.42. The third kappa shape index (κ3) is 2.79. The van der Waals surface area contributed by atoms with Crippen molar-refractivity contribution in [1.82, 2.24) is 9.13 Å². The molecule has 0 radical (unpaired) electrons. The van der Waals surface area contributed by atoms with E-state index in [9.17, 15) is 5.26 Å². The molecule has 0 N–H and O–H groups in total. The molecule has 0 amide bonds. The van der Waals surface area contributed by atoms with Crippen LogP contribution in [-0.4, -0.2) is 9.13 Å². The van der Waals surface area contributed by atoms with E-state index in [2.05, 4.69) is 98.9 Å². The molecule has 0 saturated heterocycles. The maximum atomic E-state index is 9.61. The van der Waals surface area contributed by atoms with Crippen LogP contribution in [0.2, 0.25) is 0 Å². The van der Waals surface area contributed by atoms with E-state index in [0.29, 0.717) is 11.3 Å². The van der Waals surface area contributed by atoms with E-state index in [1.807, 2.05) is 24.3 Å². The number of para-hydroxylation sites is 3. The molecule has 0 spiro atoms. The topological polar surface area (TPSA) is 38.0 Å². The minimum Gasteiger partial charge on any atom is -0.310 e. The van der Waals surface area contributed by atoms with Gasteiger partial charge in [0.25, 0.3) is 0 Å². The molecule has 0 aliphatic heterocycles. The van der Waals surface area contributed by atoms with E-state index in [-0.39, 0.29) is 0 Å². The summed E-state index contributed by atoms with van der Waals surface area (Å²) in [6.45, 7) is 7.55. The SMILES string of the molecule is [C-]#[N+]c1cc(C#N)cc(-n2c3ccccc3c3cc4c(cc32)c2ccccc2n4-c2ccccc2)c1. The molecule has 0 atom stereocenters. The Morgan fingerprint density at radius 3 is 1.69 bits per heavy atom. The first-order valence-electron chi connectivity index (χ1n) is 11.7.